The molecule has 1 aromatic carbocycles. The number of nitrogens with one attached hydrogen (secondary N) is 1. The topological polar surface area (TPSA) is 30.5 Å². The molecule has 1 atom stereocenters. The molecule has 2 rings (SSSR count). The molecule has 1 aliphatic rings. The van der Waals surface area contributed by atoms with Crippen molar-refractivity contribution in [2.45, 2.75) is 64.4 Å². The summed E-state index contributed by atoms with van der Waals surface area (Å²) in [6.07, 6.45) is 2.06. The molecule has 0 bridgehead atoms. The van der Waals surface area contributed by atoms with Crippen molar-refractivity contribution in [3.63, 3.8) is 0 Å². The second-order valence-electron chi connectivity index (χ2n) is 6.67. The Morgan fingerprint density at radius 3 is 2.53 bits per heavy atom. The number of rotatable bonds is 3. The Labute approximate surface area is 116 Å². The molecule has 1 fully saturated rings. The summed E-state index contributed by atoms with van der Waals surface area (Å²) in [6.45, 7) is 9.15. The van der Waals surface area contributed by atoms with E-state index in [0.717, 1.165) is 12.8 Å². The molecular weight excluding hydrogens is 238 g/mol. The molecule has 1 heterocycles. The van der Waals surface area contributed by atoms with E-state index in [9.17, 15) is 0 Å². The minimum Gasteiger partial charge on any atom is -0.373 e. The van der Waals surface area contributed by atoms with Gasteiger partial charge in [0.15, 0.2) is 0 Å². The maximum Gasteiger partial charge on any atom is 0.0865 e. The van der Waals surface area contributed by atoms with Crippen molar-refractivity contribution < 1.29 is 9.57 Å². The summed E-state index contributed by atoms with van der Waals surface area (Å²) >= 11 is 0. The third-order valence-corrected chi connectivity index (χ3v) is 3.39. The first-order valence-corrected chi connectivity index (χ1v) is 6.97. The van der Waals surface area contributed by atoms with E-state index in [1.165, 1.54) is 5.56 Å². The van der Waals surface area contributed by atoms with Crippen LogP contribution in [0.4, 0.5) is 0 Å². The summed E-state index contributed by atoms with van der Waals surface area (Å²) in [5, 5.41) is 0. The zero-order chi connectivity index (χ0) is 13.9. The standard InChI is InChI=1S/C16H25NO2/c1-15(2)10-14(11-16(3,4)19-17-15)18-12-13-8-6-5-7-9-13/h5-9,14,17H,10-12H2,1-4H3. The molecule has 3 nitrogen and oxygen atoms in total. The average molecular weight is 263 g/mol. The van der Waals surface area contributed by atoms with Gasteiger partial charge in [-0.1, -0.05) is 30.3 Å². The smallest absolute Gasteiger partial charge is 0.0865 e. The summed E-state index contributed by atoms with van der Waals surface area (Å²) in [4.78, 5) is 5.76. The van der Waals surface area contributed by atoms with Crippen LogP contribution in [0.3, 0.4) is 0 Å². The fourth-order valence-electron chi connectivity index (χ4n) is 2.46. The monoisotopic (exact) mass is 263 g/mol. The quantitative estimate of drug-likeness (QED) is 0.906. The highest BCUT2D eigenvalue weighted by Crippen LogP contribution is 2.29. The zero-order valence-corrected chi connectivity index (χ0v) is 12.4. The minimum absolute atomic E-state index is 0.0604. The van der Waals surface area contributed by atoms with Crippen LogP contribution in [0.1, 0.15) is 46.1 Å². The van der Waals surface area contributed by atoms with Crippen LogP contribution in [-0.4, -0.2) is 17.2 Å². The lowest BCUT2D eigenvalue weighted by molar-refractivity contribution is -0.110. The van der Waals surface area contributed by atoms with E-state index in [1.807, 2.05) is 18.2 Å². The van der Waals surface area contributed by atoms with Gasteiger partial charge in [-0.2, -0.15) is 5.48 Å². The molecule has 1 unspecified atom stereocenters. The first-order chi connectivity index (χ1) is 8.86. The lowest BCUT2D eigenvalue weighted by atomic mass is 9.92. The highest BCUT2D eigenvalue weighted by atomic mass is 16.7. The van der Waals surface area contributed by atoms with Crippen LogP contribution < -0.4 is 5.48 Å². The first kappa shape index (κ1) is 14.5. The van der Waals surface area contributed by atoms with E-state index in [4.69, 9.17) is 9.57 Å². The molecule has 1 N–H and O–H groups in total. The fraction of sp³-hybridized carbons (Fsp3) is 0.625. The van der Waals surface area contributed by atoms with Crippen LogP contribution >= 0.6 is 0 Å². The van der Waals surface area contributed by atoms with Gasteiger partial charge in [-0.3, -0.25) is 4.84 Å². The van der Waals surface area contributed by atoms with Gasteiger partial charge in [0.2, 0.25) is 0 Å². The highest BCUT2D eigenvalue weighted by Gasteiger charge is 2.35. The van der Waals surface area contributed by atoms with Crippen LogP contribution in [0.15, 0.2) is 30.3 Å². The van der Waals surface area contributed by atoms with Crippen molar-refractivity contribution in [3.8, 4) is 0 Å². The van der Waals surface area contributed by atoms with E-state index in [2.05, 4.69) is 45.3 Å². The second kappa shape index (κ2) is 5.61. The van der Waals surface area contributed by atoms with E-state index in [-0.39, 0.29) is 17.2 Å². The van der Waals surface area contributed by atoms with Crippen LogP contribution in [0.25, 0.3) is 0 Å². The van der Waals surface area contributed by atoms with Crippen LogP contribution in [-0.2, 0) is 16.2 Å². The van der Waals surface area contributed by atoms with Gasteiger partial charge in [-0.25, -0.2) is 0 Å². The van der Waals surface area contributed by atoms with Crippen LogP contribution in [0.5, 0.6) is 0 Å². The Bertz CT molecular complexity index is 382. The minimum atomic E-state index is -0.199. The van der Waals surface area contributed by atoms with Gasteiger partial charge >= 0.3 is 0 Å². The Morgan fingerprint density at radius 2 is 1.84 bits per heavy atom. The van der Waals surface area contributed by atoms with Crippen molar-refractivity contribution in [1.29, 1.82) is 0 Å². The molecule has 0 aliphatic carbocycles. The normalized spacial score (nSPS) is 25.8. The van der Waals surface area contributed by atoms with Crippen molar-refractivity contribution in [2.24, 2.45) is 0 Å². The number of ether oxygens (including phenoxy) is 1. The first-order valence-electron chi connectivity index (χ1n) is 6.97. The molecule has 1 aromatic rings. The van der Waals surface area contributed by atoms with E-state index >= 15 is 0 Å². The third kappa shape index (κ3) is 4.60. The van der Waals surface area contributed by atoms with Gasteiger partial charge in [0.25, 0.3) is 0 Å². The molecule has 0 aromatic heterocycles. The lowest BCUT2D eigenvalue weighted by Crippen LogP contribution is -2.41. The predicted molar refractivity (Wildman–Crippen MR) is 76.6 cm³/mol. The van der Waals surface area contributed by atoms with Gasteiger partial charge in [-0.05, 0) is 39.7 Å². The van der Waals surface area contributed by atoms with Gasteiger partial charge in [0.1, 0.15) is 0 Å². The SMILES string of the molecule is CC1(C)CC(OCc2ccccc2)CC(C)(C)ON1. The zero-order valence-electron chi connectivity index (χ0n) is 12.4. The van der Waals surface area contributed by atoms with Crippen molar-refractivity contribution >= 4 is 0 Å². The van der Waals surface area contributed by atoms with Crippen molar-refractivity contribution in [2.75, 3.05) is 0 Å². The van der Waals surface area contributed by atoms with E-state index < -0.39 is 0 Å². The van der Waals surface area contributed by atoms with Gasteiger partial charge in [0, 0.05) is 12.0 Å². The maximum atomic E-state index is 6.10. The predicted octanol–water partition coefficient (Wildman–Crippen LogP) is 3.44. The summed E-state index contributed by atoms with van der Waals surface area (Å²) in [7, 11) is 0. The Hall–Kier alpha value is -0.900. The molecule has 1 saturated heterocycles. The third-order valence-electron chi connectivity index (χ3n) is 3.39. The molecule has 0 radical (unpaired) electrons. The van der Waals surface area contributed by atoms with Gasteiger partial charge in [-0.15, -0.1) is 0 Å². The maximum absolute atomic E-state index is 6.10. The summed E-state index contributed by atoms with van der Waals surface area (Å²) in [5.41, 5.74) is 4.12. The summed E-state index contributed by atoms with van der Waals surface area (Å²) in [6, 6.07) is 10.3. The van der Waals surface area contributed by atoms with E-state index in [1.54, 1.807) is 0 Å². The van der Waals surface area contributed by atoms with Crippen LogP contribution in [0.2, 0.25) is 0 Å². The average Bonchev–Trinajstić information content (AvgIpc) is 2.44. The molecule has 0 amide bonds. The number of hydroxylamine groups is 1. The largest absolute Gasteiger partial charge is 0.373 e. The summed E-state index contributed by atoms with van der Waals surface area (Å²) in [5.74, 6) is 0. The highest BCUT2D eigenvalue weighted by molar-refractivity contribution is 5.13. The van der Waals surface area contributed by atoms with Crippen LogP contribution in [0, 0.1) is 0 Å². The van der Waals surface area contributed by atoms with Crippen molar-refractivity contribution in [1.82, 2.24) is 5.48 Å². The Morgan fingerprint density at radius 1 is 1.16 bits per heavy atom. The molecule has 3 heteroatoms. The van der Waals surface area contributed by atoms with Gasteiger partial charge in [0.05, 0.1) is 18.3 Å². The Balaban J connectivity index is 1.97. The number of hydrogen-bond acceptors (Lipinski definition) is 3. The molecule has 106 valence electrons. The number of hydrogen-bond donors (Lipinski definition) is 1. The molecule has 1 aliphatic heterocycles. The Kier molecular flexibility index (Phi) is 4.29. The lowest BCUT2D eigenvalue weighted by Gasteiger charge is -2.26. The molecule has 0 saturated carbocycles. The summed E-state index contributed by atoms with van der Waals surface area (Å²) < 4.78 is 6.10. The fourth-order valence-corrected chi connectivity index (χ4v) is 2.46. The van der Waals surface area contributed by atoms with Gasteiger partial charge < -0.3 is 4.74 Å². The second-order valence-corrected chi connectivity index (χ2v) is 6.67. The molecule has 0 spiro atoms. The van der Waals surface area contributed by atoms with E-state index in [0.29, 0.717) is 6.61 Å². The number of benzene rings is 1. The molecular formula is C16H25NO2. The van der Waals surface area contributed by atoms with Crippen molar-refractivity contribution in [3.05, 3.63) is 35.9 Å². The molecule has 19 heavy (non-hydrogen) atoms.